The van der Waals surface area contributed by atoms with Crippen LogP contribution in [-0.4, -0.2) is 55.7 Å². The Hall–Kier alpha value is -1.79. The molecule has 4 rings (SSSR count). The Morgan fingerprint density at radius 3 is 2.84 bits per heavy atom. The summed E-state index contributed by atoms with van der Waals surface area (Å²) < 4.78 is 2.21. The zero-order valence-corrected chi connectivity index (χ0v) is 15.5. The van der Waals surface area contributed by atoms with Crippen LogP contribution >= 0.6 is 0 Å². The summed E-state index contributed by atoms with van der Waals surface area (Å²) in [6.45, 7) is 5.39. The smallest absolute Gasteiger partial charge is 0.146 e. The molecule has 2 aromatic heterocycles. The van der Waals surface area contributed by atoms with Crippen LogP contribution in [0.3, 0.4) is 0 Å². The summed E-state index contributed by atoms with van der Waals surface area (Å²) in [6, 6.07) is 5.19. The molecule has 2 atom stereocenters. The van der Waals surface area contributed by atoms with E-state index in [-0.39, 0.29) is 0 Å². The minimum atomic E-state index is 0.420. The first kappa shape index (κ1) is 16.7. The van der Waals surface area contributed by atoms with Crippen molar-refractivity contribution in [2.24, 2.45) is 7.05 Å². The van der Waals surface area contributed by atoms with Crippen LogP contribution in [0.15, 0.2) is 24.5 Å². The minimum Gasteiger partial charge on any atom is -0.317 e. The second-order valence-electron chi connectivity index (χ2n) is 7.62. The summed E-state index contributed by atoms with van der Waals surface area (Å²) in [5.74, 6) is 2.91. The van der Waals surface area contributed by atoms with Crippen molar-refractivity contribution in [2.45, 2.75) is 50.7 Å². The molecule has 2 aromatic rings. The summed E-state index contributed by atoms with van der Waals surface area (Å²) in [7, 11) is 4.33. The lowest BCUT2D eigenvalue weighted by atomic mass is 10.1. The summed E-state index contributed by atoms with van der Waals surface area (Å²) >= 11 is 0. The predicted molar refractivity (Wildman–Crippen MR) is 97.1 cm³/mol. The highest BCUT2D eigenvalue weighted by Gasteiger charge is 2.32. The van der Waals surface area contributed by atoms with Crippen LogP contribution in [0.1, 0.15) is 55.4 Å². The predicted octanol–water partition coefficient (Wildman–Crippen LogP) is 2.35. The lowest BCUT2D eigenvalue weighted by molar-refractivity contribution is 0.199. The molecular formula is C19H28N6. The van der Waals surface area contributed by atoms with Crippen LogP contribution in [0.2, 0.25) is 0 Å². The van der Waals surface area contributed by atoms with Gasteiger partial charge in [-0.2, -0.15) is 0 Å². The van der Waals surface area contributed by atoms with Gasteiger partial charge in [-0.15, -0.1) is 10.2 Å². The van der Waals surface area contributed by atoms with Gasteiger partial charge >= 0.3 is 0 Å². The monoisotopic (exact) mass is 340 g/mol. The minimum absolute atomic E-state index is 0.420. The lowest BCUT2D eigenvalue weighted by Crippen LogP contribution is -2.35. The second-order valence-corrected chi connectivity index (χ2v) is 7.62. The summed E-state index contributed by atoms with van der Waals surface area (Å²) in [5, 5.41) is 8.85. The van der Waals surface area contributed by atoms with Gasteiger partial charge in [0, 0.05) is 50.5 Å². The van der Waals surface area contributed by atoms with Crippen LogP contribution in [-0.2, 0) is 13.6 Å². The summed E-state index contributed by atoms with van der Waals surface area (Å²) in [6.07, 6.45) is 7.57. The number of nitrogens with zero attached hydrogens (tertiary/aromatic N) is 6. The van der Waals surface area contributed by atoms with E-state index in [0.717, 1.165) is 25.5 Å². The van der Waals surface area contributed by atoms with Gasteiger partial charge in [0.1, 0.15) is 11.6 Å². The fourth-order valence-corrected chi connectivity index (χ4v) is 3.88. The van der Waals surface area contributed by atoms with Gasteiger partial charge in [-0.3, -0.25) is 14.8 Å². The molecule has 2 aliphatic rings. The Bertz CT molecular complexity index is 708. The molecule has 1 aliphatic carbocycles. The molecule has 1 saturated heterocycles. The molecular weight excluding hydrogens is 312 g/mol. The highest BCUT2D eigenvalue weighted by atomic mass is 15.3. The molecule has 0 aromatic carbocycles. The molecule has 6 nitrogen and oxygen atoms in total. The first-order valence-corrected chi connectivity index (χ1v) is 9.36. The zero-order chi connectivity index (χ0) is 17.4. The van der Waals surface area contributed by atoms with E-state index in [4.69, 9.17) is 0 Å². The fraction of sp³-hybridized carbons (Fsp3) is 0.632. The van der Waals surface area contributed by atoms with Crippen LogP contribution in [0.25, 0.3) is 0 Å². The molecule has 0 spiro atoms. The third-order valence-electron chi connectivity index (χ3n) is 5.86. The number of pyridine rings is 1. The standard InChI is InChI=1S/C19H28N6/c1-14(16-5-4-9-20-11-16)25-10-8-17(12-25)23(2)13-18-21-22-19(24(18)3)15-6-7-15/h4-5,9,11,14-15,17H,6-8,10,12-13H2,1-3H3/t14-,17-/m0/s1. The van der Waals surface area contributed by atoms with Crippen LogP contribution in [0, 0.1) is 0 Å². The first-order valence-electron chi connectivity index (χ1n) is 9.36. The number of aromatic nitrogens is 4. The highest BCUT2D eigenvalue weighted by Crippen LogP contribution is 2.38. The molecule has 0 bridgehead atoms. The normalized spacial score (nSPS) is 22.6. The molecule has 25 heavy (non-hydrogen) atoms. The topological polar surface area (TPSA) is 50.1 Å². The maximum Gasteiger partial charge on any atom is 0.146 e. The molecule has 3 heterocycles. The van der Waals surface area contributed by atoms with Crippen molar-refractivity contribution in [3.8, 4) is 0 Å². The first-order chi connectivity index (χ1) is 12.1. The van der Waals surface area contributed by atoms with E-state index < -0.39 is 0 Å². The van der Waals surface area contributed by atoms with Crippen molar-refractivity contribution in [2.75, 3.05) is 20.1 Å². The third-order valence-corrected chi connectivity index (χ3v) is 5.86. The SMILES string of the molecule is C[C@@H](c1cccnc1)N1CC[C@H](N(C)Cc2nnc(C3CC3)n2C)C1. The van der Waals surface area contributed by atoms with Gasteiger partial charge in [-0.05, 0) is 44.9 Å². The molecule has 0 unspecified atom stereocenters. The van der Waals surface area contributed by atoms with Crippen LogP contribution < -0.4 is 0 Å². The molecule has 1 saturated carbocycles. The van der Waals surface area contributed by atoms with Crippen molar-refractivity contribution in [3.05, 3.63) is 41.7 Å². The Labute approximate surface area is 149 Å². The van der Waals surface area contributed by atoms with Crippen molar-refractivity contribution >= 4 is 0 Å². The van der Waals surface area contributed by atoms with Crippen molar-refractivity contribution in [1.29, 1.82) is 0 Å². The maximum atomic E-state index is 4.44. The Balaban J connectivity index is 1.36. The van der Waals surface area contributed by atoms with Crippen LogP contribution in [0.5, 0.6) is 0 Å². The number of likely N-dealkylation sites (tertiary alicyclic amines) is 1. The third kappa shape index (κ3) is 3.46. The van der Waals surface area contributed by atoms with Gasteiger partial charge < -0.3 is 4.57 Å². The highest BCUT2D eigenvalue weighted by molar-refractivity contribution is 5.14. The van der Waals surface area contributed by atoms with Gasteiger partial charge in [-0.25, -0.2) is 0 Å². The Morgan fingerprint density at radius 2 is 2.12 bits per heavy atom. The number of hydrogen-bond donors (Lipinski definition) is 0. The second kappa shape index (κ2) is 6.84. The van der Waals surface area contributed by atoms with Gasteiger partial charge in [0.05, 0.1) is 6.54 Å². The van der Waals surface area contributed by atoms with E-state index in [0.29, 0.717) is 18.0 Å². The van der Waals surface area contributed by atoms with Crippen molar-refractivity contribution < 1.29 is 0 Å². The molecule has 0 amide bonds. The average Bonchev–Trinajstić information content (AvgIpc) is 3.24. The largest absolute Gasteiger partial charge is 0.317 e. The molecule has 0 N–H and O–H groups in total. The molecule has 6 heteroatoms. The molecule has 0 radical (unpaired) electrons. The van der Waals surface area contributed by atoms with Gasteiger partial charge in [0.15, 0.2) is 0 Å². The van der Waals surface area contributed by atoms with Crippen molar-refractivity contribution in [3.63, 3.8) is 0 Å². The van der Waals surface area contributed by atoms with E-state index in [9.17, 15) is 0 Å². The molecule has 1 aliphatic heterocycles. The maximum absolute atomic E-state index is 4.44. The number of hydrogen-bond acceptors (Lipinski definition) is 5. The Kier molecular flexibility index (Phi) is 4.56. The molecule has 134 valence electrons. The van der Waals surface area contributed by atoms with E-state index in [1.54, 1.807) is 0 Å². The van der Waals surface area contributed by atoms with E-state index in [2.05, 4.69) is 56.6 Å². The Morgan fingerprint density at radius 1 is 1.28 bits per heavy atom. The summed E-state index contributed by atoms with van der Waals surface area (Å²) in [4.78, 5) is 9.26. The number of rotatable bonds is 6. The summed E-state index contributed by atoms with van der Waals surface area (Å²) in [5.41, 5.74) is 1.30. The van der Waals surface area contributed by atoms with E-state index >= 15 is 0 Å². The van der Waals surface area contributed by atoms with Gasteiger partial charge in [-0.1, -0.05) is 6.07 Å². The van der Waals surface area contributed by atoms with Gasteiger partial charge in [0.2, 0.25) is 0 Å². The van der Waals surface area contributed by atoms with Gasteiger partial charge in [0.25, 0.3) is 0 Å². The van der Waals surface area contributed by atoms with E-state index in [1.807, 2.05) is 18.5 Å². The average molecular weight is 340 g/mol. The molecule has 2 fully saturated rings. The fourth-order valence-electron chi connectivity index (χ4n) is 3.88. The van der Waals surface area contributed by atoms with Crippen molar-refractivity contribution in [1.82, 2.24) is 29.5 Å². The quantitative estimate of drug-likeness (QED) is 0.808. The zero-order valence-electron chi connectivity index (χ0n) is 15.5. The number of likely N-dealkylation sites (N-methyl/N-ethyl adjacent to an activating group) is 1. The van der Waals surface area contributed by atoms with E-state index in [1.165, 1.54) is 30.7 Å². The lowest BCUT2D eigenvalue weighted by Gasteiger charge is -2.27. The van der Waals surface area contributed by atoms with Crippen LogP contribution in [0.4, 0.5) is 0 Å².